The van der Waals surface area contributed by atoms with Crippen LogP contribution in [0.3, 0.4) is 0 Å². The molecule has 0 unspecified atom stereocenters. The molecule has 0 spiro atoms. The largest absolute Gasteiger partial charge is 0.451 e. The van der Waals surface area contributed by atoms with Crippen LogP contribution in [0.2, 0.25) is 0 Å². The highest BCUT2D eigenvalue weighted by atomic mass is 32.1. The molecule has 3 heterocycles. The van der Waals surface area contributed by atoms with Gasteiger partial charge in [0.05, 0.1) is 30.0 Å². The van der Waals surface area contributed by atoms with Crippen molar-refractivity contribution in [3.8, 4) is 0 Å². The summed E-state index contributed by atoms with van der Waals surface area (Å²) >= 11 is 1.69. The number of anilines is 1. The van der Waals surface area contributed by atoms with Gasteiger partial charge in [0.2, 0.25) is 5.82 Å². The fourth-order valence-electron chi connectivity index (χ4n) is 3.65. The van der Waals surface area contributed by atoms with E-state index in [1.807, 2.05) is 11.4 Å². The zero-order chi connectivity index (χ0) is 18.9. The second kappa shape index (κ2) is 7.44. The Morgan fingerprint density at radius 3 is 2.56 bits per heavy atom. The molecule has 4 rings (SSSR count). The molecule has 2 N–H and O–H groups in total. The first kappa shape index (κ1) is 18.2. The number of thiophene rings is 1. The number of nitrogens with one attached hydrogen (secondary N) is 2. The van der Waals surface area contributed by atoms with Gasteiger partial charge in [0.15, 0.2) is 0 Å². The lowest BCUT2D eigenvalue weighted by Crippen LogP contribution is -3.10. The van der Waals surface area contributed by atoms with Gasteiger partial charge in [-0.15, -0.1) is 11.3 Å². The van der Waals surface area contributed by atoms with E-state index in [9.17, 15) is 13.2 Å². The summed E-state index contributed by atoms with van der Waals surface area (Å²) in [5, 5.41) is 5.85. The van der Waals surface area contributed by atoms with Crippen molar-refractivity contribution in [1.82, 2.24) is 9.97 Å². The zero-order valence-corrected chi connectivity index (χ0v) is 15.4. The van der Waals surface area contributed by atoms with E-state index in [-0.39, 0.29) is 11.9 Å². The second-order valence-electron chi connectivity index (χ2n) is 6.72. The van der Waals surface area contributed by atoms with Gasteiger partial charge in [0, 0.05) is 18.2 Å². The molecule has 1 aromatic carbocycles. The lowest BCUT2D eigenvalue weighted by molar-refractivity contribution is -0.917. The Morgan fingerprint density at radius 2 is 1.85 bits per heavy atom. The number of benzene rings is 1. The second-order valence-corrected chi connectivity index (χ2v) is 7.70. The fraction of sp³-hybridized carbons (Fsp3) is 0.368. The summed E-state index contributed by atoms with van der Waals surface area (Å²) in [4.78, 5) is 10.2. The Labute approximate surface area is 159 Å². The monoisotopic (exact) mass is 393 g/mol. The van der Waals surface area contributed by atoms with Gasteiger partial charge in [-0.25, -0.2) is 9.97 Å². The minimum absolute atomic E-state index is 0.204. The van der Waals surface area contributed by atoms with Gasteiger partial charge < -0.3 is 10.2 Å². The molecule has 0 radical (unpaired) electrons. The van der Waals surface area contributed by atoms with Gasteiger partial charge in [-0.05, 0) is 23.6 Å². The molecule has 1 aliphatic rings. The summed E-state index contributed by atoms with van der Waals surface area (Å²) in [7, 11) is 0. The first-order valence-corrected chi connectivity index (χ1v) is 9.86. The first-order valence-electron chi connectivity index (χ1n) is 8.98. The number of hydrogen-bond acceptors (Lipinski definition) is 4. The van der Waals surface area contributed by atoms with Crippen LogP contribution in [0.4, 0.5) is 19.0 Å². The summed E-state index contributed by atoms with van der Waals surface area (Å²) in [5.74, 6) is -0.863. The number of aromatic nitrogens is 2. The number of nitrogens with zero attached hydrogens (tertiary/aromatic N) is 2. The Bertz CT molecular complexity index is 905. The molecule has 0 aliphatic carbocycles. The third kappa shape index (κ3) is 3.91. The maximum Gasteiger partial charge on any atom is 0.451 e. The minimum Gasteiger partial charge on any atom is -0.363 e. The molecule has 3 aromatic rings. The van der Waals surface area contributed by atoms with Crippen LogP contribution in [0.25, 0.3) is 10.9 Å². The maximum absolute atomic E-state index is 13.2. The van der Waals surface area contributed by atoms with Crippen molar-refractivity contribution in [2.75, 3.05) is 25.0 Å². The minimum atomic E-state index is -4.58. The molecule has 1 atom stereocenters. The lowest BCUT2D eigenvalue weighted by Gasteiger charge is -2.24. The molecule has 1 saturated heterocycles. The van der Waals surface area contributed by atoms with Crippen LogP contribution in [-0.4, -0.2) is 29.6 Å². The molecule has 2 aromatic heterocycles. The number of hydrogen-bond donors (Lipinski definition) is 2. The van der Waals surface area contributed by atoms with E-state index in [0.29, 0.717) is 17.4 Å². The van der Waals surface area contributed by atoms with E-state index in [1.165, 1.54) is 22.6 Å². The van der Waals surface area contributed by atoms with Crippen LogP contribution in [0, 0.1) is 0 Å². The predicted molar refractivity (Wildman–Crippen MR) is 100 cm³/mol. The first-order chi connectivity index (χ1) is 13.0. The van der Waals surface area contributed by atoms with Crippen molar-refractivity contribution in [3.63, 3.8) is 0 Å². The number of fused-ring (bicyclic) bond motifs is 1. The van der Waals surface area contributed by atoms with Crippen molar-refractivity contribution in [3.05, 3.63) is 52.5 Å². The molecule has 0 saturated carbocycles. The molecular weight excluding hydrogens is 373 g/mol. The zero-order valence-electron chi connectivity index (χ0n) is 14.6. The molecule has 0 bridgehead atoms. The van der Waals surface area contributed by atoms with Gasteiger partial charge in [-0.1, -0.05) is 18.2 Å². The highest BCUT2D eigenvalue weighted by Crippen LogP contribution is 2.30. The van der Waals surface area contributed by atoms with Gasteiger partial charge >= 0.3 is 6.18 Å². The summed E-state index contributed by atoms with van der Waals surface area (Å²) in [5.41, 5.74) is 0.295. The Hall–Kier alpha value is -2.19. The fourth-order valence-corrected chi connectivity index (χ4v) is 4.54. The number of alkyl halides is 3. The van der Waals surface area contributed by atoms with Crippen LogP contribution in [0.15, 0.2) is 41.8 Å². The summed E-state index contributed by atoms with van der Waals surface area (Å²) < 4.78 is 39.6. The van der Waals surface area contributed by atoms with Crippen molar-refractivity contribution < 1.29 is 18.1 Å². The molecular formula is C19H20F3N4S+. The smallest absolute Gasteiger partial charge is 0.363 e. The van der Waals surface area contributed by atoms with E-state index in [0.717, 1.165) is 13.1 Å². The standard InChI is InChI=1S/C19H19F3N4S/c20-19(21,22)18-24-14-7-2-1-6-13(14)17(25-18)23-12-15(16-8-5-11-27-16)26-9-3-4-10-26/h1-2,5-8,11,15H,3-4,9-10,12H2,(H,23,24,25)/p+1/t15-/m1/s1. The third-order valence-electron chi connectivity index (χ3n) is 4.96. The molecule has 1 aliphatic heterocycles. The number of halogens is 3. The highest BCUT2D eigenvalue weighted by molar-refractivity contribution is 7.10. The average Bonchev–Trinajstić information content (AvgIpc) is 3.35. The molecule has 4 nitrogen and oxygen atoms in total. The van der Waals surface area contributed by atoms with Crippen molar-refractivity contribution in [2.24, 2.45) is 0 Å². The average molecular weight is 393 g/mol. The van der Waals surface area contributed by atoms with Crippen molar-refractivity contribution in [1.29, 1.82) is 0 Å². The summed E-state index contributed by atoms with van der Waals surface area (Å²) in [6.07, 6.45) is -2.20. The third-order valence-corrected chi connectivity index (χ3v) is 5.94. The lowest BCUT2D eigenvalue weighted by atomic mass is 10.2. The van der Waals surface area contributed by atoms with Gasteiger partial charge in [0.25, 0.3) is 0 Å². The normalized spacial score (nSPS) is 16.7. The molecule has 0 amide bonds. The van der Waals surface area contributed by atoms with Gasteiger partial charge in [-0.3, -0.25) is 0 Å². The molecule has 142 valence electrons. The SMILES string of the molecule is FC(F)(F)c1nc(NC[C@H](c2cccs2)[NH+]2CCCC2)c2ccccc2n1. The van der Waals surface area contributed by atoms with E-state index in [1.54, 1.807) is 35.6 Å². The van der Waals surface area contributed by atoms with Crippen LogP contribution < -0.4 is 10.2 Å². The Kier molecular flexibility index (Phi) is 5.01. The Balaban J connectivity index is 1.65. The summed E-state index contributed by atoms with van der Waals surface area (Å²) in [6.45, 7) is 2.71. The molecule has 8 heteroatoms. The number of rotatable bonds is 5. The van der Waals surface area contributed by atoms with Crippen LogP contribution in [-0.2, 0) is 6.18 Å². The van der Waals surface area contributed by atoms with Crippen LogP contribution in [0.5, 0.6) is 0 Å². The topological polar surface area (TPSA) is 42.2 Å². The van der Waals surface area contributed by atoms with E-state index in [4.69, 9.17) is 0 Å². The molecule has 1 fully saturated rings. The van der Waals surface area contributed by atoms with Crippen molar-refractivity contribution in [2.45, 2.75) is 25.1 Å². The Morgan fingerprint density at radius 1 is 1.07 bits per heavy atom. The quantitative estimate of drug-likeness (QED) is 0.697. The van der Waals surface area contributed by atoms with E-state index < -0.39 is 12.0 Å². The van der Waals surface area contributed by atoms with Crippen LogP contribution >= 0.6 is 11.3 Å². The van der Waals surface area contributed by atoms with Gasteiger partial charge in [-0.2, -0.15) is 13.2 Å². The number of para-hydroxylation sites is 1. The van der Waals surface area contributed by atoms with Gasteiger partial charge in [0.1, 0.15) is 11.9 Å². The van der Waals surface area contributed by atoms with E-state index >= 15 is 0 Å². The predicted octanol–water partition coefficient (Wildman–Crippen LogP) is 3.54. The van der Waals surface area contributed by atoms with E-state index in [2.05, 4.69) is 21.4 Å². The number of quaternary nitrogens is 1. The van der Waals surface area contributed by atoms with Crippen molar-refractivity contribution >= 4 is 28.1 Å². The summed E-state index contributed by atoms with van der Waals surface area (Å²) in [6, 6.07) is 11.1. The number of likely N-dealkylation sites (tertiary alicyclic amines) is 1. The molecule has 27 heavy (non-hydrogen) atoms. The maximum atomic E-state index is 13.2. The highest BCUT2D eigenvalue weighted by Gasteiger charge is 2.36. The van der Waals surface area contributed by atoms with Crippen LogP contribution in [0.1, 0.15) is 29.6 Å².